The number of methoxy groups -OCH3 is 1. The third-order valence-electron chi connectivity index (χ3n) is 4.80. The van der Waals surface area contributed by atoms with Gasteiger partial charge in [-0.3, -0.25) is 14.2 Å². The number of ether oxygens (including phenoxy) is 1. The fourth-order valence-corrected chi connectivity index (χ4v) is 3.30. The SMILES string of the molecule is COc1cccc(-n2cc(C(=O)Nc3ccccc3C#N)c3ccccc3c2=O)c1. The van der Waals surface area contributed by atoms with Crippen LogP contribution >= 0.6 is 0 Å². The quantitative estimate of drug-likeness (QED) is 0.563. The number of aromatic nitrogens is 1. The number of nitriles is 1. The van der Waals surface area contributed by atoms with Crippen LogP contribution in [0, 0.1) is 11.3 Å². The highest BCUT2D eigenvalue weighted by Gasteiger charge is 2.17. The van der Waals surface area contributed by atoms with Gasteiger partial charge in [-0.2, -0.15) is 5.26 Å². The van der Waals surface area contributed by atoms with Crippen molar-refractivity contribution in [2.24, 2.45) is 0 Å². The molecule has 0 unspecified atom stereocenters. The van der Waals surface area contributed by atoms with Crippen molar-refractivity contribution in [1.82, 2.24) is 4.57 Å². The van der Waals surface area contributed by atoms with Crippen LogP contribution in [0.2, 0.25) is 0 Å². The normalized spacial score (nSPS) is 10.4. The Hall–Kier alpha value is -4.37. The maximum Gasteiger partial charge on any atom is 0.262 e. The molecule has 0 spiro atoms. The standard InChI is InChI=1S/C24H17N3O3/c1-30-18-9-6-8-17(13-18)27-15-21(19-10-3-4-11-20(19)24(27)29)23(28)26-22-12-5-2-7-16(22)14-25/h2-13,15H,1H3,(H,26,28). The molecule has 0 fully saturated rings. The van der Waals surface area contributed by atoms with Gasteiger partial charge in [0.25, 0.3) is 11.5 Å². The minimum Gasteiger partial charge on any atom is -0.497 e. The molecule has 1 heterocycles. The molecule has 4 rings (SSSR count). The molecular formula is C24H17N3O3. The van der Waals surface area contributed by atoms with Crippen LogP contribution in [0.25, 0.3) is 16.5 Å². The van der Waals surface area contributed by atoms with E-state index >= 15 is 0 Å². The summed E-state index contributed by atoms with van der Waals surface area (Å²) in [7, 11) is 1.55. The topological polar surface area (TPSA) is 84.1 Å². The second-order valence-electron chi connectivity index (χ2n) is 6.58. The number of carbonyl (C=O) groups excluding carboxylic acids is 1. The lowest BCUT2D eigenvalue weighted by Crippen LogP contribution is -2.23. The third-order valence-corrected chi connectivity index (χ3v) is 4.80. The van der Waals surface area contributed by atoms with E-state index in [0.29, 0.717) is 39.0 Å². The molecule has 1 amide bonds. The average Bonchev–Trinajstić information content (AvgIpc) is 2.79. The van der Waals surface area contributed by atoms with Crippen molar-refractivity contribution < 1.29 is 9.53 Å². The smallest absolute Gasteiger partial charge is 0.262 e. The molecule has 30 heavy (non-hydrogen) atoms. The monoisotopic (exact) mass is 395 g/mol. The first kappa shape index (κ1) is 19.0. The van der Waals surface area contributed by atoms with Gasteiger partial charge in [-0.25, -0.2) is 0 Å². The average molecular weight is 395 g/mol. The van der Waals surface area contributed by atoms with E-state index in [1.807, 2.05) is 0 Å². The van der Waals surface area contributed by atoms with Gasteiger partial charge in [0.1, 0.15) is 11.8 Å². The van der Waals surface area contributed by atoms with Gasteiger partial charge in [0.15, 0.2) is 0 Å². The fourth-order valence-electron chi connectivity index (χ4n) is 3.30. The minimum atomic E-state index is -0.412. The molecule has 1 aromatic heterocycles. The van der Waals surface area contributed by atoms with E-state index < -0.39 is 5.91 Å². The van der Waals surface area contributed by atoms with Crippen molar-refractivity contribution in [3.8, 4) is 17.5 Å². The Balaban J connectivity index is 1.89. The number of nitrogens with one attached hydrogen (secondary N) is 1. The van der Waals surface area contributed by atoms with Crippen molar-refractivity contribution in [3.63, 3.8) is 0 Å². The molecule has 0 atom stereocenters. The highest BCUT2D eigenvalue weighted by molar-refractivity contribution is 6.13. The number of para-hydroxylation sites is 1. The van der Waals surface area contributed by atoms with Gasteiger partial charge in [-0.05, 0) is 30.3 Å². The summed E-state index contributed by atoms with van der Waals surface area (Å²) in [5, 5.41) is 13.0. The molecule has 0 radical (unpaired) electrons. The number of hydrogen-bond donors (Lipinski definition) is 1. The molecule has 0 saturated heterocycles. The number of hydrogen-bond acceptors (Lipinski definition) is 4. The van der Waals surface area contributed by atoms with Crippen molar-refractivity contribution in [1.29, 1.82) is 5.26 Å². The van der Waals surface area contributed by atoms with Gasteiger partial charge < -0.3 is 10.1 Å². The highest BCUT2D eigenvalue weighted by atomic mass is 16.5. The zero-order valence-electron chi connectivity index (χ0n) is 16.1. The van der Waals surface area contributed by atoms with Crippen LogP contribution < -0.4 is 15.6 Å². The molecular weight excluding hydrogens is 378 g/mol. The van der Waals surface area contributed by atoms with E-state index in [4.69, 9.17) is 4.74 Å². The number of rotatable bonds is 4. The van der Waals surface area contributed by atoms with Gasteiger partial charge >= 0.3 is 0 Å². The first-order valence-electron chi connectivity index (χ1n) is 9.21. The van der Waals surface area contributed by atoms with Crippen LogP contribution in [0.3, 0.4) is 0 Å². The van der Waals surface area contributed by atoms with Crippen molar-refractivity contribution >= 4 is 22.4 Å². The Morgan fingerprint density at radius 2 is 1.73 bits per heavy atom. The predicted octanol–water partition coefficient (Wildman–Crippen LogP) is 4.12. The van der Waals surface area contributed by atoms with Gasteiger partial charge in [-0.1, -0.05) is 36.4 Å². The van der Waals surface area contributed by atoms with Crippen molar-refractivity contribution in [2.45, 2.75) is 0 Å². The Kier molecular flexibility index (Phi) is 5.02. The lowest BCUT2D eigenvalue weighted by molar-refractivity contribution is 0.102. The molecule has 6 heteroatoms. The zero-order valence-corrected chi connectivity index (χ0v) is 16.1. The van der Waals surface area contributed by atoms with Crippen LogP contribution in [0.4, 0.5) is 5.69 Å². The van der Waals surface area contributed by atoms with Crippen LogP contribution in [0.5, 0.6) is 5.75 Å². The predicted molar refractivity (Wildman–Crippen MR) is 115 cm³/mol. The third kappa shape index (κ3) is 3.40. The fraction of sp³-hybridized carbons (Fsp3) is 0.0417. The number of benzene rings is 3. The molecule has 1 N–H and O–H groups in total. The Morgan fingerprint density at radius 1 is 1.00 bits per heavy atom. The summed E-state index contributed by atoms with van der Waals surface area (Å²) < 4.78 is 6.69. The second-order valence-corrected chi connectivity index (χ2v) is 6.58. The summed E-state index contributed by atoms with van der Waals surface area (Å²) in [5.41, 5.74) is 1.43. The number of carbonyl (C=O) groups is 1. The van der Waals surface area contributed by atoms with Crippen LogP contribution in [-0.2, 0) is 0 Å². The zero-order chi connectivity index (χ0) is 21.1. The van der Waals surface area contributed by atoms with Crippen LogP contribution in [-0.4, -0.2) is 17.6 Å². The number of anilines is 1. The first-order valence-corrected chi connectivity index (χ1v) is 9.21. The molecule has 4 aromatic rings. The maximum atomic E-state index is 13.2. The summed E-state index contributed by atoms with van der Waals surface area (Å²) >= 11 is 0. The van der Waals surface area contributed by atoms with Gasteiger partial charge in [-0.15, -0.1) is 0 Å². The Labute approximate surface area is 172 Å². The van der Waals surface area contributed by atoms with Gasteiger partial charge in [0, 0.05) is 23.0 Å². The second kappa shape index (κ2) is 7.94. The Morgan fingerprint density at radius 3 is 2.50 bits per heavy atom. The van der Waals surface area contributed by atoms with E-state index in [2.05, 4.69) is 11.4 Å². The van der Waals surface area contributed by atoms with Crippen molar-refractivity contribution in [3.05, 3.63) is 100 Å². The Bertz CT molecular complexity index is 1370. The number of amides is 1. The van der Waals surface area contributed by atoms with Crippen LogP contribution in [0.1, 0.15) is 15.9 Å². The molecule has 0 saturated carbocycles. The summed E-state index contributed by atoms with van der Waals surface area (Å²) in [6.45, 7) is 0. The molecule has 6 nitrogen and oxygen atoms in total. The van der Waals surface area contributed by atoms with Gasteiger partial charge in [0.05, 0.1) is 29.6 Å². The van der Waals surface area contributed by atoms with E-state index in [9.17, 15) is 14.9 Å². The lowest BCUT2D eigenvalue weighted by atomic mass is 10.1. The number of pyridine rings is 1. The van der Waals surface area contributed by atoms with Crippen LogP contribution in [0.15, 0.2) is 83.8 Å². The molecule has 146 valence electrons. The van der Waals surface area contributed by atoms with E-state index in [1.54, 1.807) is 79.9 Å². The summed E-state index contributed by atoms with van der Waals surface area (Å²) in [6.07, 6.45) is 1.52. The first-order chi connectivity index (χ1) is 14.6. The summed E-state index contributed by atoms with van der Waals surface area (Å²) in [5.74, 6) is 0.187. The molecule has 0 aliphatic heterocycles. The number of nitrogens with zero attached hydrogens (tertiary/aromatic N) is 2. The van der Waals surface area contributed by atoms with E-state index in [0.717, 1.165) is 0 Å². The van der Waals surface area contributed by atoms with Crippen molar-refractivity contribution in [2.75, 3.05) is 12.4 Å². The van der Waals surface area contributed by atoms with Gasteiger partial charge in [0.2, 0.25) is 0 Å². The molecule has 3 aromatic carbocycles. The highest BCUT2D eigenvalue weighted by Crippen LogP contribution is 2.22. The largest absolute Gasteiger partial charge is 0.497 e. The maximum absolute atomic E-state index is 13.2. The molecule has 0 aliphatic rings. The summed E-state index contributed by atoms with van der Waals surface area (Å²) in [4.78, 5) is 26.3. The summed E-state index contributed by atoms with van der Waals surface area (Å²) in [6, 6.07) is 22.8. The lowest BCUT2D eigenvalue weighted by Gasteiger charge is -2.14. The number of fused-ring (bicyclic) bond motifs is 1. The van der Waals surface area contributed by atoms with E-state index in [1.165, 1.54) is 10.8 Å². The molecule has 0 bridgehead atoms. The van der Waals surface area contributed by atoms with E-state index in [-0.39, 0.29) is 5.56 Å². The molecule has 0 aliphatic carbocycles. The minimum absolute atomic E-state index is 0.243.